The first-order chi connectivity index (χ1) is 7.98. The van der Waals surface area contributed by atoms with E-state index in [4.69, 9.17) is 23.2 Å². The van der Waals surface area contributed by atoms with Crippen LogP contribution in [0, 0.1) is 0 Å². The number of aromatic nitrogens is 2. The SMILES string of the molecule is CCc1nn(C2CCS(=O)(=O)C2)c(Cl)c1CCl. The number of aryl methyl sites for hydroxylation is 1. The lowest BCUT2D eigenvalue weighted by atomic mass is 10.2. The molecule has 1 aromatic heterocycles. The fourth-order valence-electron chi connectivity index (χ4n) is 2.12. The predicted octanol–water partition coefficient (Wildman–Crippen LogP) is 2.20. The molecule has 96 valence electrons. The normalized spacial score (nSPS) is 23.1. The molecular weight excluding hydrogens is 283 g/mol. The van der Waals surface area contributed by atoms with Gasteiger partial charge < -0.3 is 0 Å². The predicted molar refractivity (Wildman–Crippen MR) is 68.5 cm³/mol. The third kappa shape index (κ3) is 2.46. The Labute approximate surface area is 111 Å². The maximum atomic E-state index is 11.4. The van der Waals surface area contributed by atoms with Crippen molar-refractivity contribution < 1.29 is 8.42 Å². The van der Waals surface area contributed by atoms with E-state index >= 15 is 0 Å². The van der Waals surface area contributed by atoms with E-state index in [1.165, 1.54) is 0 Å². The number of nitrogens with zero attached hydrogens (tertiary/aromatic N) is 2. The lowest BCUT2D eigenvalue weighted by Crippen LogP contribution is -2.12. The van der Waals surface area contributed by atoms with Gasteiger partial charge in [-0.25, -0.2) is 13.1 Å². The van der Waals surface area contributed by atoms with E-state index in [0.717, 1.165) is 17.7 Å². The molecule has 1 aromatic rings. The van der Waals surface area contributed by atoms with Gasteiger partial charge in [0.05, 0.1) is 29.1 Å². The molecule has 0 N–H and O–H groups in total. The van der Waals surface area contributed by atoms with Crippen LogP contribution in [0.25, 0.3) is 0 Å². The maximum absolute atomic E-state index is 11.4. The van der Waals surface area contributed by atoms with E-state index in [0.29, 0.717) is 17.5 Å². The quantitative estimate of drug-likeness (QED) is 0.804. The Hall–Kier alpha value is -0.260. The average molecular weight is 297 g/mol. The lowest BCUT2D eigenvalue weighted by Gasteiger charge is -2.09. The molecule has 0 bridgehead atoms. The highest BCUT2D eigenvalue weighted by Gasteiger charge is 2.32. The van der Waals surface area contributed by atoms with Gasteiger partial charge in [-0.1, -0.05) is 18.5 Å². The molecule has 1 saturated heterocycles. The van der Waals surface area contributed by atoms with Crippen molar-refractivity contribution in [1.82, 2.24) is 9.78 Å². The molecule has 0 amide bonds. The zero-order chi connectivity index (χ0) is 12.6. The molecule has 4 nitrogen and oxygen atoms in total. The number of rotatable bonds is 3. The fourth-order valence-corrected chi connectivity index (χ4v) is 4.51. The standard InChI is InChI=1S/C10H14Cl2N2O2S/c1-2-9-8(5-11)10(12)14(13-9)7-3-4-17(15,16)6-7/h7H,2-6H2,1H3. The molecule has 0 radical (unpaired) electrons. The van der Waals surface area contributed by atoms with Crippen molar-refractivity contribution in [2.45, 2.75) is 31.7 Å². The topological polar surface area (TPSA) is 52.0 Å². The summed E-state index contributed by atoms with van der Waals surface area (Å²) in [6.45, 7) is 1.98. The van der Waals surface area contributed by atoms with Gasteiger partial charge in [-0.15, -0.1) is 11.6 Å². The Morgan fingerprint density at radius 1 is 1.53 bits per heavy atom. The maximum Gasteiger partial charge on any atom is 0.152 e. The van der Waals surface area contributed by atoms with Gasteiger partial charge in [0.15, 0.2) is 9.84 Å². The molecule has 2 heterocycles. The van der Waals surface area contributed by atoms with Crippen LogP contribution in [0.4, 0.5) is 0 Å². The molecule has 0 aromatic carbocycles. The molecule has 1 unspecified atom stereocenters. The van der Waals surface area contributed by atoms with Crippen molar-refractivity contribution >= 4 is 33.0 Å². The summed E-state index contributed by atoms with van der Waals surface area (Å²) >= 11 is 12.0. The molecule has 17 heavy (non-hydrogen) atoms. The van der Waals surface area contributed by atoms with E-state index in [-0.39, 0.29) is 17.5 Å². The minimum absolute atomic E-state index is 0.124. The molecule has 2 rings (SSSR count). The van der Waals surface area contributed by atoms with Crippen molar-refractivity contribution in [1.29, 1.82) is 0 Å². The second-order valence-electron chi connectivity index (χ2n) is 4.20. The van der Waals surface area contributed by atoms with Crippen LogP contribution in [-0.4, -0.2) is 29.7 Å². The Morgan fingerprint density at radius 2 is 2.24 bits per heavy atom. The van der Waals surface area contributed by atoms with Gasteiger partial charge in [0.2, 0.25) is 0 Å². The van der Waals surface area contributed by atoms with Crippen molar-refractivity contribution in [2.75, 3.05) is 11.5 Å². The smallest absolute Gasteiger partial charge is 0.152 e. The van der Waals surface area contributed by atoms with E-state index in [1.54, 1.807) is 4.68 Å². The van der Waals surface area contributed by atoms with Crippen molar-refractivity contribution in [3.8, 4) is 0 Å². The van der Waals surface area contributed by atoms with Gasteiger partial charge in [0, 0.05) is 5.56 Å². The lowest BCUT2D eigenvalue weighted by molar-refractivity contribution is 0.496. The molecule has 1 aliphatic heterocycles. The highest BCUT2D eigenvalue weighted by atomic mass is 35.5. The van der Waals surface area contributed by atoms with Gasteiger partial charge >= 0.3 is 0 Å². The number of hydrogen-bond acceptors (Lipinski definition) is 3. The second kappa shape index (κ2) is 4.78. The van der Waals surface area contributed by atoms with Crippen LogP contribution in [0.2, 0.25) is 5.15 Å². The van der Waals surface area contributed by atoms with Crippen LogP contribution in [0.1, 0.15) is 30.6 Å². The first-order valence-corrected chi connectivity index (χ1v) is 8.24. The first-order valence-electron chi connectivity index (χ1n) is 5.50. The largest absolute Gasteiger partial charge is 0.249 e. The minimum Gasteiger partial charge on any atom is -0.249 e. The van der Waals surface area contributed by atoms with E-state index in [9.17, 15) is 8.42 Å². The molecule has 0 saturated carbocycles. The van der Waals surface area contributed by atoms with Crippen molar-refractivity contribution in [2.24, 2.45) is 0 Å². The van der Waals surface area contributed by atoms with Gasteiger partial charge in [-0.2, -0.15) is 5.10 Å². The first kappa shape index (κ1) is 13.2. The van der Waals surface area contributed by atoms with Crippen LogP contribution in [0.15, 0.2) is 0 Å². The van der Waals surface area contributed by atoms with Gasteiger partial charge in [0.1, 0.15) is 5.15 Å². The third-order valence-corrected chi connectivity index (χ3v) is 5.47. The molecule has 0 aliphatic carbocycles. The number of alkyl halides is 1. The molecule has 1 fully saturated rings. The van der Waals surface area contributed by atoms with E-state index in [1.807, 2.05) is 6.92 Å². The monoisotopic (exact) mass is 296 g/mol. The van der Waals surface area contributed by atoms with Crippen LogP contribution < -0.4 is 0 Å². The zero-order valence-corrected chi connectivity index (χ0v) is 11.8. The molecule has 1 atom stereocenters. The highest BCUT2D eigenvalue weighted by molar-refractivity contribution is 7.91. The summed E-state index contributed by atoms with van der Waals surface area (Å²) in [7, 11) is -2.93. The molecule has 7 heteroatoms. The van der Waals surface area contributed by atoms with Crippen LogP contribution in [0.3, 0.4) is 0 Å². The summed E-state index contributed by atoms with van der Waals surface area (Å²) < 4.78 is 24.5. The van der Waals surface area contributed by atoms with E-state index < -0.39 is 9.84 Å². The Bertz CT molecular complexity index is 525. The second-order valence-corrected chi connectivity index (χ2v) is 7.06. The van der Waals surface area contributed by atoms with Gasteiger partial charge in [-0.3, -0.25) is 0 Å². The summed E-state index contributed by atoms with van der Waals surface area (Å²) in [6.07, 6.45) is 1.32. The number of halogens is 2. The summed E-state index contributed by atoms with van der Waals surface area (Å²) in [5.41, 5.74) is 1.68. The molecule has 0 spiro atoms. The van der Waals surface area contributed by atoms with Gasteiger partial charge in [0.25, 0.3) is 0 Å². The zero-order valence-electron chi connectivity index (χ0n) is 9.49. The highest BCUT2D eigenvalue weighted by Crippen LogP contribution is 2.30. The van der Waals surface area contributed by atoms with Crippen molar-refractivity contribution in [3.05, 3.63) is 16.4 Å². The molecule has 1 aliphatic rings. The Balaban J connectivity index is 2.37. The van der Waals surface area contributed by atoms with Crippen LogP contribution in [0.5, 0.6) is 0 Å². The molecular formula is C10H14Cl2N2O2S. The minimum atomic E-state index is -2.93. The number of hydrogen-bond donors (Lipinski definition) is 0. The van der Waals surface area contributed by atoms with Gasteiger partial charge in [-0.05, 0) is 12.8 Å². The summed E-state index contributed by atoms with van der Waals surface area (Å²) in [5, 5.41) is 4.87. The Morgan fingerprint density at radius 3 is 2.65 bits per heavy atom. The third-order valence-electron chi connectivity index (χ3n) is 3.05. The van der Waals surface area contributed by atoms with Crippen molar-refractivity contribution in [3.63, 3.8) is 0 Å². The summed E-state index contributed by atoms with van der Waals surface area (Å²) in [6, 6.07) is -0.144. The van der Waals surface area contributed by atoms with Crippen LogP contribution >= 0.6 is 23.2 Å². The Kier molecular flexibility index (Phi) is 3.71. The fraction of sp³-hybridized carbons (Fsp3) is 0.700. The summed E-state index contributed by atoms with van der Waals surface area (Å²) in [4.78, 5) is 0. The number of sulfone groups is 1. The average Bonchev–Trinajstić information content (AvgIpc) is 2.78. The summed E-state index contributed by atoms with van der Waals surface area (Å²) in [5.74, 6) is 0.645. The van der Waals surface area contributed by atoms with E-state index in [2.05, 4.69) is 5.10 Å². The van der Waals surface area contributed by atoms with Crippen LogP contribution in [-0.2, 0) is 22.1 Å².